The number of alkyl halides is 2. The summed E-state index contributed by atoms with van der Waals surface area (Å²) in [6.07, 6.45) is 3.03. The van der Waals surface area contributed by atoms with E-state index in [2.05, 4.69) is 15.4 Å². The van der Waals surface area contributed by atoms with Crippen molar-refractivity contribution in [3.05, 3.63) is 40.0 Å². The third kappa shape index (κ3) is 5.65. The van der Waals surface area contributed by atoms with Crippen LogP contribution < -0.4 is 10.4 Å². The van der Waals surface area contributed by atoms with Gasteiger partial charge in [-0.1, -0.05) is 0 Å². The first-order valence-corrected chi connectivity index (χ1v) is 13.8. The first-order chi connectivity index (χ1) is 19.2. The molecule has 224 valence electrons. The Hall–Kier alpha value is -3.20. The van der Waals surface area contributed by atoms with Gasteiger partial charge in [0.2, 0.25) is 0 Å². The molecule has 0 aromatic carbocycles. The molecule has 0 saturated heterocycles. The lowest BCUT2D eigenvalue weighted by atomic mass is 9.84. The summed E-state index contributed by atoms with van der Waals surface area (Å²) in [5.41, 5.74) is 1.22. The molecule has 3 heterocycles. The Morgan fingerprint density at radius 3 is 2.41 bits per heavy atom. The van der Waals surface area contributed by atoms with Gasteiger partial charge in [0.1, 0.15) is 12.1 Å². The Morgan fingerprint density at radius 1 is 1.17 bits per heavy atom. The summed E-state index contributed by atoms with van der Waals surface area (Å²) in [7, 11) is 4.28. The standard InChI is InChI=1S/C27H35F2N5O6S/c1-15-17(18-13-31-33-14-16(12-30-22(18)33)27(38-5,39-6)40-7)11-20(41-15)23(35)32-21-19(9-8-10-26(21,28)29)34(24(36)37)25(2,3)4/h11-14,19,21H,8-10H2,1-7H3,(H,32,35)(H,36,37)/p-1/t19-,21-/m1/s1. The van der Waals surface area contributed by atoms with Crippen molar-refractivity contribution in [2.75, 3.05) is 21.3 Å². The smallest absolute Gasteiger partial charge is 0.314 e. The molecule has 3 aromatic heterocycles. The van der Waals surface area contributed by atoms with Crippen LogP contribution in [0.4, 0.5) is 13.6 Å². The zero-order valence-electron chi connectivity index (χ0n) is 24.0. The average molecular weight is 595 g/mol. The minimum atomic E-state index is -3.31. The Balaban J connectivity index is 1.65. The number of nitrogens with zero attached hydrogens (tertiary/aromatic N) is 4. The molecule has 14 heteroatoms. The Bertz CT molecular complexity index is 1420. The number of nitrogens with one attached hydrogen (secondary N) is 1. The number of halogens is 2. The number of hydrogen-bond donors (Lipinski definition) is 1. The Labute approximate surface area is 240 Å². The molecule has 0 unspecified atom stereocenters. The van der Waals surface area contributed by atoms with E-state index in [0.29, 0.717) is 22.3 Å². The van der Waals surface area contributed by atoms with Crippen LogP contribution in [0.3, 0.4) is 0 Å². The molecule has 0 radical (unpaired) electrons. The summed E-state index contributed by atoms with van der Waals surface area (Å²) >= 11 is 1.13. The van der Waals surface area contributed by atoms with Gasteiger partial charge in [-0.25, -0.2) is 18.3 Å². The van der Waals surface area contributed by atoms with Gasteiger partial charge in [0.25, 0.3) is 11.8 Å². The van der Waals surface area contributed by atoms with Gasteiger partial charge in [0.15, 0.2) is 5.65 Å². The SMILES string of the molecule is COC(OC)(OC)c1cnc2c(-c3cc(C(=O)N[C@@H]4[C@H](N(C(=O)[O-])C(C)(C)C)CCCC4(F)F)sc3C)cnn2c1. The molecule has 2 amide bonds. The van der Waals surface area contributed by atoms with Crippen LogP contribution in [0.1, 0.15) is 60.1 Å². The molecular weight excluding hydrogens is 560 g/mol. The van der Waals surface area contributed by atoms with Crippen LogP contribution in [0, 0.1) is 6.92 Å². The third-order valence-electron chi connectivity index (χ3n) is 7.34. The van der Waals surface area contributed by atoms with Crippen molar-refractivity contribution in [3.63, 3.8) is 0 Å². The second kappa shape index (κ2) is 11.2. The van der Waals surface area contributed by atoms with Crippen molar-refractivity contribution in [2.24, 2.45) is 0 Å². The number of ether oxygens (including phenoxy) is 3. The third-order valence-corrected chi connectivity index (χ3v) is 8.38. The van der Waals surface area contributed by atoms with Crippen LogP contribution in [0.15, 0.2) is 24.7 Å². The molecule has 4 rings (SSSR count). The summed E-state index contributed by atoms with van der Waals surface area (Å²) in [4.78, 5) is 31.7. The quantitative estimate of drug-likeness (QED) is 0.392. The number of fused-ring (bicyclic) bond motifs is 1. The summed E-state index contributed by atoms with van der Waals surface area (Å²) in [6, 6.07) is -1.27. The lowest BCUT2D eigenvalue weighted by molar-refractivity contribution is -0.364. The number of carbonyl (C=O) groups excluding carboxylic acids is 2. The number of carboxylic acid groups (broad SMARTS) is 1. The van der Waals surface area contributed by atoms with Crippen molar-refractivity contribution < 1.29 is 37.7 Å². The molecule has 3 aromatic rings. The van der Waals surface area contributed by atoms with Gasteiger partial charge in [0, 0.05) is 61.7 Å². The van der Waals surface area contributed by atoms with Gasteiger partial charge in [-0.2, -0.15) is 5.10 Å². The van der Waals surface area contributed by atoms with Crippen LogP contribution in [0.25, 0.3) is 16.8 Å². The first-order valence-electron chi connectivity index (χ1n) is 13.0. The zero-order valence-corrected chi connectivity index (χ0v) is 24.8. The molecular formula is C27H34F2N5O6S-. The van der Waals surface area contributed by atoms with Crippen molar-refractivity contribution in [2.45, 2.75) is 76.5 Å². The fourth-order valence-corrected chi connectivity index (χ4v) is 6.37. The number of thiophene rings is 1. The van der Waals surface area contributed by atoms with E-state index in [1.165, 1.54) is 32.0 Å². The van der Waals surface area contributed by atoms with E-state index in [4.69, 9.17) is 14.2 Å². The lowest BCUT2D eigenvalue weighted by Gasteiger charge is -2.50. The van der Waals surface area contributed by atoms with Crippen LogP contribution >= 0.6 is 11.3 Å². The molecule has 0 spiro atoms. The number of amides is 2. The van der Waals surface area contributed by atoms with E-state index in [9.17, 15) is 14.7 Å². The first kappa shape index (κ1) is 30.8. The normalized spacial score (nSPS) is 19.3. The highest BCUT2D eigenvalue weighted by Gasteiger charge is 2.51. The van der Waals surface area contributed by atoms with Gasteiger partial charge in [0.05, 0.1) is 22.7 Å². The fourth-order valence-electron chi connectivity index (χ4n) is 5.44. The minimum absolute atomic E-state index is 0.121. The second-order valence-corrected chi connectivity index (χ2v) is 12.2. The van der Waals surface area contributed by atoms with Crippen molar-refractivity contribution in [3.8, 4) is 11.1 Å². The number of hydrogen-bond acceptors (Lipinski definition) is 9. The summed E-state index contributed by atoms with van der Waals surface area (Å²) < 4.78 is 48.0. The van der Waals surface area contributed by atoms with Gasteiger partial charge >= 0.3 is 5.97 Å². The van der Waals surface area contributed by atoms with Crippen molar-refractivity contribution >= 4 is 29.0 Å². The molecule has 1 fully saturated rings. The number of aromatic nitrogens is 3. The second-order valence-electron chi connectivity index (χ2n) is 10.9. The molecule has 41 heavy (non-hydrogen) atoms. The van der Waals surface area contributed by atoms with Crippen LogP contribution in [-0.2, 0) is 20.2 Å². The van der Waals surface area contributed by atoms with Crippen molar-refractivity contribution in [1.29, 1.82) is 0 Å². The highest BCUT2D eigenvalue weighted by Crippen LogP contribution is 2.39. The number of methoxy groups -OCH3 is 3. The van der Waals surface area contributed by atoms with Gasteiger partial charge in [-0.15, -0.1) is 11.3 Å². The minimum Gasteiger partial charge on any atom is -0.530 e. The van der Waals surface area contributed by atoms with Crippen LogP contribution in [0.2, 0.25) is 0 Å². The predicted molar refractivity (Wildman–Crippen MR) is 145 cm³/mol. The Kier molecular flexibility index (Phi) is 8.42. The summed E-state index contributed by atoms with van der Waals surface area (Å²) in [5, 5.41) is 18.8. The molecule has 1 saturated carbocycles. The number of aryl methyl sites for hydroxylation is 1. The summed E-state index contributed by atoms with van der Waals surface area (Å²) in [6.45, 7) is 6.62. The molecule has 11 nitrogen and oxygen atoms in total. The maximum absolute atomic E-state index is 15.2. The van der Waals surface area contributed by atoms with E-state index in [1.807, 2.05) is 0 Å². The van der Waals surface area contributed by atoms with E-state index in [1.54, 1.807) is 46.2 Å². The molecule has 1 aliphatic rings. The Morgan fingerprint density at radius 2 is 1.83 bits per heavy atom. The number of carbonyl (C=O) groups is 2. The number of rotatable bonds is 8. The van der Waals surface area contributed by atoms with Crippen LogP contribution in [0.5, 0.6) is 0 Å². The molecule has 0 bridgehead atoms. The molecule has 1 aliphatic carbocycles. The van der Waals surface area contributed by atoms with Crippen molar-refractivity contribution in [1.82, 2.24) is 24.8 Å². The van der Waals surface area contributed by atoms with E-state index >= 15 is 8.78 Å². The lowest BCUT2D eigenvalue weighted by Crippen LogP contribution is -2.67. The zero-order chi connectivity index (χ0) is 30.3. The molecule has 2 atom stereocenters. The maximum Gasteiger partial charge on any atom is 0.314 e. The van der Waals surface area contributed by atoms with E-state index in [-0.39, 0.29) is 17.7 Å². The van der Waals surface area contributed by atoms with E-state index < -0.39 is 47.9 Å². The average Bonchev–Trinajstić information content (AvgIpc) is 3.49. The monoisotopic (exact) mass is 594 g/mol. The molecule has 0 aliphatic heterocycles. The predicted octanol–water partition coefficient (Wildman–Crippen LogP) is 3.55. The maximum atomic E-state index is 15.2. The topological polar surface area (TPSA) is 130 Å². The van der Waals surface area contributed by atoms with E-state index in [0.717, 1.165) is 21.1 Å². The molecule has 1 N–H and O–H groups in total. The highest BCUT2D eigenvalue weighted by molar-refractivity contribution is 7.14. The highest BCUT2D eigenvalue weighted by atomic mass is 32.1. The van der Waals surface area contributed by atoms with Crippen LogP contribution in [-0.4, -0.2) is 76.4 Å². The fraction of sp³-hybridized carbons (Fsp3) is 0.556. The van der Waals surface area contributed by atoms with Gasteiger partial charge < -0.3 is 34.3 Å². The van der Waals surface area contributed by atoms with Gasteiger partial charge in [-0.05, 0) is 46.6 Å². The largest absolute Gasteiger partial charge is 0.530 e. The van der Waals surface area contributed by atoms with Gasteiger partial charge in [-0.3, -0.25) is 4.79 Å². The summed E-state index contributed by atoms with van der Waals surface area (Å²) in [5.74, 6) is -5.50.